The van der Waals surface area contributed by atoms with E-state index in [-0.39, 0.29) is 5.91 Å². The summed E-state index contributed by atoms with van der Waals surface area (Å²) in [5, 5.41) is 7.35. The topological polar surface area (TPSA) is 93.4 Å². The highest BCUT2D eigenvalue weighted by Crippen LogP contribution is 2.14. The largest absolute Gasteiger partial charge is 0.384 e. The fourth-order valence-corrected chi connectivity index (χ4v) is 2.85. The molecule has 8 nitrogen and oxygen atoms in total. The average Bonchev–Trinajstić information content (AvgIpc) is 3.13. The van der Waals surface area contributed by atoms with Crippen molar-refractivity contribution in [3.8, 4) is 0 Å². The standard InChI is InChI=1S/C17H23N5O3/c1-24-10-6-15-20-16(25-21-15)12-19-14-4-8-22(9-5-14)17(23)13-3-2-7-18-11-13/h2-3,7,11,14,19H,4-6,8-10,12H2,1H3. The number of carbonyl (C=O) groups is 1. The number of ether oxygens (including phenoxy) is 1. The van der Waals surface area contributed by atoms with Gasteiger partial charge in [-0.05, 0) is 25.0 Å². The maximum Gasteiger partial charge on any atom is 0.255 e. The second-order valence-electron chi connectivity index (χ2n) is 6.04. The van der Waals surface area contributed by atoms with Crippen molar-refractivity contribution in [3.05, 3.63) is 41.8 Å². The van der Waals surface area contributed by atoms with Crippen molar-refractivity contribution in [2.75, 3.05) is 26.8 Å². The average molecular weight is 345 g/mol. The third-order valence-electron chi connectivity index (χ3n) is 4.27. The first-order chi connectivity index (χ1) is 12.3. The zero-order valence-corrected chi connectivity index (χ0v) is 14.4. The first-order valence-electron chi connectivity index (χ1n) is 8.49. The maximum atomic E-state index is 12.4. The minimum Gasteiger partial charge on any atom is -0.384 e. The monoisotopic (exact) mass is 345 g/mol. The lowest BCUT2D eigenvalue weighted by molar-refractivity contribution is 0.0703. The second-order valence-corrected chi connectivity index (χ2v) is 6.04. The molecular weight excluding hydrogens is 322 g/mol. The van der Waals surface area contributed by atoms with Gasteiger partial charge in [-0.1, -0.05) is 5.16 Å². The van der Waals surface area contributed by atoms with Gasteiger partial charge >= 0.3 is 0 Å². The van der Waals surface area contributed by atoms with Gasteiger partial charge in [0.2, 0.25) is 5.89 Å². The molecule has 2 aromatic rings. The molecule has 1 saturated heterocycles. The number of hydrogen-bond donors (Lipinski definition) is 1. The number of nitrogens with one attached hydrogen (secondary N) is 1. The van der Waals surface area contributed by atoms with Gasteiger partial charge in [-0.25, -0.2) is 0 Å². The molecule has 3 heterocycles. The first-order valence-corrected chi connectivity index (χ1v) is 8.49. The van der Waals surface area contributed by atoms with E-state index < -0.39 is 0 Å². The molecule has 134 valence electrons. The van der Waals surface area contributed by atoms with Crippen LogP contribution in [0.2, 0.25) is 0 Å². The zero-order chi connectivity index (χ0) is 17.5. The summed E-state index contributed by atoms with van der Waals surface area (Å²) in [5.74, 6) is 1.29. The summed E-state index contributed by atoms with van der Waals surface area (Å²) in [6.07, 6.45) is 5.73. The minimum absolute atomic E-state index is 0.0474. The quantitative estimate of drug-likeness (QED) is 0.801. The molecule has 1 aliphatic heterocycles. The fraction of sp³-hybridized carbons (Fsp3) is 0.529. The molecule has 1 fully saturated rings. The van der Waals surface area contributed by atoms with Gasteiger partial charge in [0.15, 0.2) is 5.82 Å². The minimum atomic E-state index is 0.0474. The molecule has 0 atom stereocenters. The first kappa shape index (κ1) is 17.5. The highest BCUT2D eigenvalue weighted by molar-refractivity contribution is 5.93. The van der Waals surface area contributed by atoms with Crippen LogP contribution in [0.25, 0.3) is 0 Å². The van der Waals surface area contributed by atoms with Crippen LogP contribution in [0.3, 0.4) is 0 Å². The Kier molecular flexibility index (Phi) is 6.08. The summed E-state index contributed by atoms with van der Waals surface area (Å²) >= 11 is 0. The van der Waals surface area contributed by atoms with Crippen LogP contribution in [0, 0.1) is 0 Å². The molecule has 0 bridgehead atoms. The Morgan fingerprint density at radius 3 is 3.00 bits per heavy atom. The van der Waals surface area contributed by atoms with Crippen molar-refractivity contribution in [2.45, 2.75) is 31.8 Å². The second kappa shape index (κ2) is 8.68. The molecule has 2 aromatic heterocycles. The number of rotatable bonds is 7. The van der Waals surface area contributed by atoms with Crippen LogP contribution < -0.4 is 5.32 Å². The van der Waals surface area contributed by atoms with Crippen LogP contribution >= 0.6 is 0 Å². The maximum absolute atomic E-state index is 12.4. The van der Waals surface area contributed by atoms with Gasteiger partial charge in [0.1, 0.15) is 0 Å². The van der Waals surface area contributed by atoms with E-state index in [9.17, 15) is 4.79 Å². The van der Waals surface area contributed by atoms with Crippen molar-refractivity contribution < 1.29 is 14.1 Å². The Morgan fingerprint density at radius 2 is 2.28 bits per heavy atom. The predicted octanol–water partition coefficient (Wildman–Crippen LogP) is 1.05. The van der Waals surface area contributed by atoms with Crippen molar-refractivity contribution in [2.24, 2.45) is 0 Å². The fourth-order valence-electron chi connectivity index (χ4n) is 2.85. The highest BCUT2D eigenvalue weighted by Gasteiger charge is 2.23. The molecule has 25 heavy (non-hydrogen) atoms. The summed E-state index contributed by atoms with van der Waals surface area (Å²) in [6, 6.07) is 3.93. The number of hydrogen-bond acceptors (Lipinski definition) is 7. The van der Waals surface area contributed by atoms with E-state index in [1.54, 1.807) is 31.6 Å². The molecular formula is C17H23N5O3. The molecule has 1 amide bonds. The summed E-state index contributed by atoms with van der Waals surface area (Å²) in [7, 11) is 1.65. The van der Waals surface area contributed by atoms with Crippen molar-refractivity contribution in [1.29, 1.82) is 0 Å². The van der Waals surface area contributed by atoms with Gasteiger partial charge in [0.25, 0.3) is 5.91 Å². The molecule has 1 aliphatic rings. The van der Waals surface area contributed by atoms with Crippen LogP contribution in [0.5, 0.6) is 0 Å². The predicted molar refractivity (Wildman–Crippen MR) is 89.9 cm³/mol. The molecule has 3 rings (SSSR count). The van der Waals surface area contributed by atoms with Crippen LogP contribution in [0.15, 0.2) is 29.0 Å². The SMILES string of the molecule is COCCc1noc(CNC2CCN(C(=O)c3cccnc3)CC2)n1. The number of likely N-dealkylation sites (tertiary alicyclic amines) is 1. The lowest BCUT2D eigenvalue weighted by Gasteiger charge is -2.32. The highest BCUT2D eigenvalue weighted by atomic mass is 16.5. The number of amides is 1. The van der Waals surface area contributed by atoms with Crippen LogP contribution in [0.4, 0.5) is 0 Å². The van der Waals surface area contributed by atoms with Crippen LogP contribution in [-0.4, -0.2) is 58.8 Å². The van der Waals surface area contributed by atoms with Crippen molar-refractivity contribution in [3.63, 3.8) is 0 Å². The Morgan fingerprint density at radius 1 is 1.44 bits per heavy atom. The Hall–Kier alpha value is -2.32. The zero-order valence-electron chi connectivity index (χ0n) is 14.4. The Bertz CT molecular complexity index is 668. The lowest BCUT2D eigenvalue weighted by atomic mass is 10.0. The molecule has 0 unspecified atom stereocenters. The number of carbonyl (C=O) groups excluding carboxylic acids is 1. The van der Waals surface area contributed by atoms with Crippen LogP contribution in [-0.2, 0) is 17.7 Å². The number of pyridine rings is 1. The Labute approximate surface area is 146 Å². The molecule has 1 N–H and O–H groups in total. The van der Waals surface area contributed by atoms with Gasteiger partial charge in [0, 0.05) is 45.1 Å². The van der Waals surface area contributed by atoms with E-state index in [1.165, 1.54) is 0 Å². The van der Waals surface area contributed by atoms with E-state index >= 15 is 0 Å². The third kappa shape index (κ3) is 4.83. The smallest absolute Gasteiger partial charge is 0.255 e. The van der Waals surface area contributed by atoms with Gasteiger partial charge in [-0.3, -0.25) is 9.78 Å². The summed E-state index contributed by atoms with van der Waals surface area (Å²) in [4.78, 5) is 22.6. The molecule has 0 saturated carbocycles. The van der Waals surface area contributed by atoms with E-state index in [1.807, 2.05) is 4.90 Å². The number of piperidine rings is 1. The van der Waals surface area contributed by atoms with Gasteiger partial charge < -0.3 is 19.5 Å². The van der Waals surface area contributed by atoms with Gasteiger partial charge in [0.05, 0.1) is 18.7 Å². The van der Waals surface area contributed by atoms with E-state index in [0.717, 1.165) is 25.9 Å². The van der Waals surface area contributed by atoms with Gasteiger partial charge in [-0.2, -0.15) is 4.98 Å². The summed E-state index contributed by atoms with van der Waals surface area (Å²) in [6.45, 7) is 2.58. The van der Waals surface area contributed by atoms with E-state index in [4.69, 9.17) is 9.26 Å². The van der Waals surface area contributed by atoms with Gasteiger partial charge in [-0.15, -0.1) is 0 Å². The van der Waals surface area contributed by atoms with E-state index in [2.05, 4.69) is 20.4 Å². The molecule has 8 heteroatoms. The molecule has 0 spiro atoms. The molecule has 0 radical (unpaired) electrons. The summed E-state index contributed by atoms with van der Waals surface area (Å²) in [5.41, 5.74) is 0.642. The number of nitrogens with zero attached hydrogens (tertiary/aromatic N) is 4. The van der Waals surface area contributed by atoms with Crippen molar-refractivity contribution in [1.82, 2.24) is 25.3 Å². The summed E-state index contributed by atoms with van der Waals surface area (Å²) < 4.78 is 10.2. The van der Waals surface area contributed by atoms with Crippen molar-refractivity contribution >= 4 is 5.91 Å². The number of aromatic nitrogens is 3. The molecule has 0 aliphatic carbocycles. The molecule has 0 aromatic carbocycles. The lowest BCUT2D eigenvalue weighted by Crippen LogP contribution is -2.44. The van der Waals surface area contributed by atoms with E-state index in [0.29, 0.717) is 42.9 Å². The Balaban J connectivity index is 1.42. The third-order valence-corrected chi connectivity index (χ3v) is 4.27. The van der Waals surface area contributed by atoms with Crippen LogP contribution in [0.1, 0.15) is 34.9 Å². The normalized spacial score (nSPS) is 15.5. The number of methoxy groups -OCH3 is 1.